The number of benzene rings is 1. The van der Waals surface area contributed by atoms with Crippen LogP contribution in [0.2, 0.25) is 0 Å². The molecule has 1 saturated heterocycles. The van der Waals surface area contributed by atoms with E-state index in [2.05, 4.69) is 20.3 Å². The van der Waals surface area contributed by atoms with Crippen LogP contribution < -0.4 is 15.1 Å². The van der Waals surface area contributed by atoms with Crippen molar-refractivity contribution in [3.8, 4) is 11.5 Å². The maximum Gasteiger partial charge on any atom is 0.195 e. The molecular formula is C24H25FN6O4S. The number of anilines is 2. The van der Waals surface area contributed by atoms with E-state index in [0.717, 1.165) is 5.69 Å². The van der Waals surface area contributed by atoms with Gasteiger partial charge in [0.1, 0.15) is 29.1 Å². The Balaban J connectivity index is 1.49. The third-order valence-corrected chi connectivity index (χ3v) is 7.87. The molecule has 1 aromatic carbocycles. The van der Waals surface area contributed by atoms with Crippen molar-refractivity contribution in [3.63, 3.8) is 0 Å². The van der Waals surface area contributed by atoms with E-state index in [4.69, 9.17) is 4.74 Å². The quantitative estimate of drug-likeness (QED) is 0.505. The Kier molecular flexibility index (Phi) is 6.31. The second-order valence-corrected chi connectivity index (χ2v) is 10.8. The van der Waals surface area contributed by atoms with Crippen molar-refractivity contribution >= 4 is 27.0 Å². The summed E-state index contributed by atoms with van der Waals surface area (Å²) < 4.78 is 44.5. The lowest BCUT2D eigenvalue weighted by molar-refractivity contribution is -0.121. The van der Waals surface area contributed by atoms with Crippen molar-refractivity contribution < 1.29 is 22.3 Å². The number of hydrogen-bond acceptors (Lipinski definition) is 10. The topological polar surface area (TPSA) is 118 Å². The number of carbonyl (C=O) groups excluding carboxylic acids is 1. The number of hydrogen-bond donors (Lipinski definition) is 1. The lowest BCUT2D eigenvalue weighted by Crippen LogP contribution is -2.49. The fourth-order valence-electron chi connectivity index (χ4n) is 4.45. The first kappa shape index (κ1) is 24.1. The maximum atomic E-state index is 14.5. The van der Waals surface area contributed by atoms with Crippen LogP contribution in [0.3, 0.4) is 0 Å². The highest BCUT2D eigenvalue weighted by molar-refractivity contribution is 7.91. The molecule has 2 aromatic heterocycles. The number of ketones is 1. The monoisotopic (exact) mass is 512 g/mol. The molecule has 12 heteroatoms. The van der Waals surface area contributed by atoms with Crippen LogP contribution in [-0.2, 0) is 14.6 Å². The number of sulfone groups is 1. The highest BCUT2D eigenvalue weighted by Crippen LogP contribution is 2.46. The largest absolute Gasteiger partial charge is 0.456 e. The summed E-state index contributed by atoms with van der Waals surface area (Å²) in [6.07, 6.45) is 4.59. The molecule has 0 amide bonds. The number of carbonyl (C=O) groups is 1. The number of nitrogens with one attached hydrogen (secondary N) is 1. The fourth-order valence-corrected chi connectivity index (χ4v) is 5.23. The number of alkyl halides is 1. The van der Waals surface area contributed by atoms with Crippen molar-refractivity contribution in [2.24, 2.45) is 0 Å². The number of hydrazine groups is 1. The van der Waals surface area contributed by atoms with Gasteiger partial charge in [-0.1, -0.05) is 6.92 Å². The van der Waals surface area contributed by atoms with Crippen LogP contribution in [0.5, 0.6) is 11.5 Å². The number of nitrogens with zero attached hydrogens (tertiary/aromatic N) is 5. The van der Waals surface area contributed by atoms with E-state index in [0.29, 0.717) is 22.9 Å². The fraction of sp³-hybridized carbons (Fsp3) is 0.333. The Morgan fingerprint density at radius 1 is 1.17 bits per heavy atom. The zero-order valence-electron chi connectivity index (χ0n) is 19.7. The van der Waals surface area contributed by atoms with Crippen molar-refractivity contribution in [2.45, 2.75) is 43.7 Å². The van der Waals surface area contributed by atoms with Gasteiger partial charge in [0, 0.05) is 24.9 Å². The first-order valence-electron chi connectivity index (χ1n) is 11.5. The van der Waals surface area contributed by atoms with Gasteiger partial charge in [0.15, 0.2) is 21.0 Å². The standard InChI is InChI=1S/C24H25FN6O4S/c1-3-36(33,34)23-7-5-18(12-28-23)35-17-4-6-19-22(11-17)31(24(29-19)20-13-26-8-9-27-20)30-14-16(25)10-21(30)15(2)32/h4-9,11-13,16,21,24,29H,3,10,14H2,1-2H3. The summed E-state index contributed by atoms with van der Waals surface area (Å²) in [7, 11) is -3.42. The summed E-state index contributed by atoms with van der Waals surface area (Å²) in [5.74, 6) is 0.656. The van der Waals surface area contributed by atoms with E-state index >= 15 is 0 Å². The summed E-state index contributed by atoms with van der Waals surface area (Å²) in [4.78, 5) is 25.0. The van der Waals surface area contributed by atoms with Crippen molar-refractivity contribution in [1.29, 1.82) is 0 Å². The molecular weight excluding hydrogens is 487 g/mol. The Morgan fingerprint density at radius 2 is 1.97 bits per heavy atom. The minimum Gasteiger partial charge on any atom is -0.456 e. The Morgan fingerprint density at radius 3 is 2.64 bits per heavy atom. The molecule has 0 aliphatic carbocycles. The molecule has 5 rings (SSSR count). The molecule has 1 fully saturated rings. The van der Waals surface area contributed by atoms with E-state index in [1.807, 2.05) is 11.1 Å². The third kappa shape index (κ3) is 4.49. The number of ether oxygens (including phenoxy) is 1. The van der Waals surface area contributed by atoms with Gasteiger partial charge in [-0.25, -0.2) is 22.8 Å². The summed E-state index contributed by atoms with van der Waals surface area (Å²) >= 11 is 0. The summed E-state index contributed by atoms with van der Waals surface area (Å²) in [6.45, 7) is 3.08. The lowest BCUT2D eigenvalue weighted by atomic mass is 10.1. The van der Waals surface area contributed by atoms with Crippen molar-refractivity contribution in [1.82, 2.24) is 20.0 Å². The average Bonchev–Trinajstić information content (AvgIpc) is 3.45. The highest BCUT2D eigenvalue weighted by atomic mass is 32.2. The lowest BCUT2D eigenvalue weighted by Gasteiger charge is -2.37. The average molecular weight is 513 g/mol. The summed E-state index contributed by atoms with van der Waals surface area (Å²) in [5.41, 5.74) is 2.05. The minimum absolute atomic E-state index is 0.0152. The first-order chi connectivity index (χ1) is 17.3. The van der Waals surface area contributed by atoms with Crippen molar-refractivity contribution in [2.75, 3.05) is 22.6 Å². The van der Waals surface area contributed by atoms with Crippen LogP contribution in [0.4, 0.5) is 15.8 Å². The molecule has 3 aromatic rings. The van der Waals surface area contributed by atoms with E-state index in [-0.39, 0.29) is 29.5 Å². The number of fused-ring (bicyclic) bond motifs is 1. The summed E-state index contributed by atoms with van der Waals surface area (Å²) in [5, 5.41) is 6.95. The number of Topliss-reactive ketones (excluding diaryl/α,β-unsaturated/α-hetero) is 1. The molecule has 36 heavy (non-hydrogen) atoms. The number of aromatic nitrogens is 3. The smallest absolute Gasteiger partial charge is 0.195 e. The molecule has 2 aliphatic heterocycles. The predicted molar refractivity (Wildman–Crippen MR) is 130 cm³/mol. The highest BCUT2D eigenvalue weighted by Gasteiger charge is 2.44. The Bertz CT molecular complexity index is 1370. The zero-order valence-corrected chi connectivity index (χ0v) is 20.5. The SMILES string of the molecule is CCS(=O)(=O)c1ccc(Oc2ccc3c(c2)N(N2CC(F)CC2C(C)=O)C(c2cnccn2)N3)cn1. The molecule has 4 heterocycles. The third-order valence-electron chi connectivity index (χ3n) is 6.23. The molecule has 10 nitrogen and oxygen atoms in total. The van der Waals surface area contributed by atoms with Gasteiger partial charge in [-0.05, 0) is 31.2 Å². The summed E-state index contributed by atoms with van der Waals surface area (Å²) in [6, 6.07) is 7.68. The Hall–Kier alpha value is -3.64. The van der Waals surface area contributed by atoms with Gasteiger partial charge in [-0.2, -0.15) is 0 Å². The molecule has 3 unspecified atom stereocenters. The van der Waals surface area contributed by atoms with Gasteiger partial charge in [0.25, 0.3) is 0 Å². The second-order valence-electron chi connectivity index (χ2n) is 8.62. The first-order valence-corrected chi connectivity index (χ1v) is 13.2. The second kappa shape index (κ2) is 9.43. The molecule has 2 aliphatic rings. The van der Waals surface area contributed by atoms with Gasteiger partial charge in [0.2, 0.25) is 0 Å². The molecule has 188 valence electrons. The minimum atomic E-state index is -3.42. The van der Waals surface area contributed by atoms with Crippen LogP contribution in [0.15, 0.2) is 60.1 Å². The molecule has 0 radical (unpaired) electrons. The van der Waals surface area contributed by atoms with Crippen LogP contribution in [0, 0.1) is 0 Å². The molecule has 0 bridgehead atoms. The molecule has 0 spiro atoms. The van der Waals surface area contributed by atoms with E-state index < -0.39 is 28.2 Å². The predicted octanol–water partition coefficient (Wildman–Crippen LogP) is 3.30. The molecule has 1 N–H and O–H groups in total. The van der Waals surface area contributed by atoms with E-state index in [9.17, 15) is 17.6 Å². The van der Waals surface area contributed by atoms with Crippen LogP contribution >= 0.6 is 0 Å². The van der Waals surface area contributed by atoms with Crippen molar-refractivity contribution in [3.05, 3.63) is 60.8 Å². The van der Waals surface area contributed by atoms with E-state index in [1.165, 1.54) is 19.2 Å². The van der Waals surface area contributed by atoms with Gasteiger partial charge in [-0.15, -0.1) is 0 Å². The number of pyridine rings is 1. The van der Waals surface area contributed by atoms with Crippen LogP contribution in [0.25, 0.3) is 0 Å². The normalized spacial score (nSPS) is 21.8. The maximum absolute atomic E-state index is 14.5. The zero-order chi connectivity index (χ0) is 25.4. The van der Waals surface area contributed by atoms with Gasteiger partial charge >= 0.3 is 0 Å². The van der Waals surface area contributed by atoms with Gasteiger partial charge < -0.3 is 10.1 Å². The van der Waals surface area contributed by atoms with E-state index in [1.54, 1.807) is 48.7 Å². The molecule has 0 saturated carbocycles. The van der Waals surface area contributed by atoms with Crippen LogP contribution in [0.1, 0.15) is 32.1 Å². The van der Waals surface area contributed by atoms with Crippen LogP contribution in [-0.4, -0.2) is 58.7 Å². The van der Waals surface area contributed by atoms with Gasteiger partial charge in [-0.3, -0.25) is 19.8 Å². The molecule has 3 atom stereocenters. The van der Waals surface area contributed by atoms with Gasteiger partial charge in [0.05, 0.1) is 42.1 Å². The number of halogens is 1. The Labute approximate surface area is 208 Å². The number of rotatable bonds is 7.